The van der Waals surface area contributed by atoms with Crippen LogP contribution in [0, 0.1) is 0 Å². The minimum absolute atomic E-state index is 0.170. The summed E-state index contributed by atoms with van der Waals surface area (Å²) in [5.41, 5.74) is 0. The van der Waals surface area contributed by atoms with Crippen molar-refractivity contribution in [1.82, 2.24) is 14.8 Å². The molecule has 1 aromatic heterocycles. The maximum absolute atomic E-state index is 7.71. The lowest BCUT2D eigenvalue weighted by Crippen LogP contribution is -2.01. The molecule has 0 unspecified atom stereocenters. The smallest absolute Gasteiger partial charge is 0.138 e. The molecule has 1 aliphatic heterocycles. The molecule has 0 amide bonds. The van der Waals surface area contributed by atoms with E-state index in [0.717, 1.165) is 0 Å². The number of hydrogen-bond donors (Lipinski definition) is 0. The van der Waals surface area contributed by atoms with Gasteiger partial charge in [-0.1, -0.05) is 6.37 Å². The Morgan fingerprint density at radius 1 is 1.60 bits per heavy atom. The second-order valence-corrected chi connectivity index (χ2v) is 2.17. The summed E-state index contributed by atoms with van der Waals surface area (Å²) in [5.74, 6) is 0.524. The Balaban J connectivity index is 2.42. The Labute approximate surface area is 65.7 Å². The van der Waals surface area contributed by atoms with Crippen molar-refractivity contribution in [3.63, 3.8) is 0 Å². The van der Waals surface area contributed by atoms with E-state index in [-0.39, 0.29) is 6.42 Å². The lowest BCUT2D eigenvalue weighted by atomic mass is 10.2. The number of aromatic nitrogens is 3. The molecule has 0 spiro atoms. The molecule has 0 N–H and O–H groups in total. The van der Waals surface area contributed by atoms with E-state index in [2.05, 4.69) is 10.1 Å². The van der Waals surface area contributed by atoms with Crippen LogP contribution in [0.15, 0.2) is 6.33 Å². The van der Waals surface area contributed by atoms with Gasteiger partial charge in [0.05, 0.1) is 2.74 Å². The molecule has 3 nitrogen and oxygen atoms in total. The van der Waals surface area contributed by atoms with Crippen LogP contribution in [0.3, 0.4) is 0 Å². The van der Waals surface area contributed by atoms with Gasteiger partial charge in [0.1, 0.15) is 12.2 Å². The maximum Gasteiger partial charge on any atom is 0.138 e. The number of rotatable bonds is 0. The molecule has 0 aliphatic carbocycles. The molecule has 2 rings (SSSR count). The zero-order valence-electron chi connectivity index (χ0n) is 9.54. The first-order valence-corrected chi connectivity index (χ1v) is 3.30. The summed E-state index contributed by atoms with van der Waals surface area (Å²) >= 11 is 0. The predicted octanol–water partition coefficient (Wildman–Crippen LogP) is 1.00. The quantitative estimate of drug-likeness (QED) is 0.539. The van der Waals surface area contributed by atoms with E-state index in [0.29, 0.717) is 18.7 Å². The van der Waals surface area contributed by atoms with Gasteiger partial charge in [-0.2, -0.15) is 5.10 Å². The van der Waals surface area contributed by atoms with Crippen LogP contribution in [0.25, 0.3) is 0 Å². The lowest BCUT2D eigenvalue weighted by Gasteiger charge is -1.96. The average Bonchev–Trinajstić information content (AvgIpc) is 2.43. The van der Waals surface area contributed by atoms with Gasteiger partial charge in [-0.3, -0.25) is 4.68 Å². The van der Waals surface area contributed by atoms with Crippen molar-refractivity contribution in [2.45, 2.75) is 32.1 Å². The molecule has 1 aromatic rings. The molecular weight excluding hydrogens is 126 g/mol. The van der Waals surface area contributed by atoms with E-state index in [9.17, 15) is 0 Å². The van der Waals surface area contributed by atoms with Crippen molar-refractivity contribution < 1.29 is 5.48 Å². The average molecular weight is 141 g/mol. The highest BCUT2D eigenvalue weighted by atomic mass is 15.3. The fourth-order valence-corrected chi connectivity index (χ4v) is 0.987. The molecule has 0 atom stereocenters. The van der Waals surface area contributed by atoms with Gasteiger partial charge in [0, 0.05) is 15.7 Å². The molecule has 1 aliphatic rings. The van der Waals surface area contributed by atoms with E-state index >= 15 is 0 Å². The summed E-state index contributed by atoms with van der Waals surface area (Å²) in [6.45, 7) is -1.77. The zero-order chi connectivity index (χ0) is 10.4. The third-order valence-electron chi connectivity index (χ3n) is 1.50. The Hall–Kier alpha value is -0.860. The summed E-state index contributed by atoms with van der Waals surface area (Å²) in [4.78, 5) is 3.92. The van der Waals surface area contributed by atoms with E-state index in [1.54, 1.807) is 0 Å². The van der Waals surface area contributed by atoms with Crippen LogP contribution in [-0.4, -0.2) is 14.8 Å². The summed E-state index contributed by atoms with van der Waals surface area (Å²) in [5, 5.41) is 3.80. The van der Waals surface area contributed by atoms with Gasteiger partial charge in [-0.25, -0.2) is 4.98 Å². The molecule has 0 radical (unpaired) electrons. The Bertz CT molecular complexity index is 346. The van der Waals surface area contributed by atoms with Crippen LogP contribution in [0.2, 0.25) is 0 Å². The molecule has 0 aromatic carbocycles. The molecule has 0 saturated heterocycles. The molecule has 3 heteroatoms. The van der Waals surface area contributed by atoms with Gasteiger partial charge < -0.3 is 0 Å². The number of nitrogens with zero attached hydrogens (tertiary/aromatic N) is 3. The van der Waals surface area contributed by atoms with Crippen LogP contribution in [0.5, 0.6) is 0 Å². The van der Waals surface area contributed by atoms with Crippen LogP contribution >= 0.6 is 0 Å². The fraction of sp³-hybridized carbons (Fsp3) is 0.714. The molecule has 10 heavy (non-hydrogen) atoms. The van der Waals surface area contributed by atoms with E-state index in [1.165, 1.54) is 11.0 Å². The summed E-state index contributed by atoms with van der Waals surface area (Å²) in [6.07, 6.45) is 0.397. The minimum Gasteiger partial charge on any atom is -0.250 e. The third kappa shape index (κ3) is 0.916. The Kier molecular flexibility index (Phi) is 0.728. The zero-order valence-corrected chi connectivity index (χ0v) is 5.54. The maximum atomic E-state index is 7.71. The van der Waals surface area contributed by atoms with Gasteiger partial charge in [-0.05, 0) is 12.8 Å². The molecule has 54 valence electrons. The Morgan fingerprint density at radius 2 is 2.60 bits per heavy atom. The summed E-state index contributed by atoms with van der Waals surface area (Å²) in [7, 11) is 0. The van der Waals surface area contributed by atoms with Crippen LogP contribution in [0.1, 0.15) is 30.5 Å². The van der Waals surface area contributed by atoms with Crippen molar-refractivity contribution in [2.24, 2.45) is 0 Å². The third-order valence-corrected chi connectivity index (χ3v) is 1.50. The van der Waals surface area contributed by atoms with Crippen molar-refractivity contribution in [3.05, 3.63) is 12.2 Å². The highest BCUT2D eigenvalue weighted by Gasteiger charge is 2.06. The molecular formula is C7H11N3. The largest absolute Gasteiger partial charge is 0.250 e. The first kappa shape index (κ1) is 3.03. The minimum atomic E-state index is -1.77. The van der Waals surface area contributed by atoms with Gasteiger partial charge in [0.25, 0.3) is 0 Å². The fourth-order valence-electron chi connectivity index (χ4n) is 0.987. The van der Waals surface area contributed by atoms with E-state index < -0.39 is 12.9 Å². The Morgan fingerprint density at radius 3 is 3.60 bits per heavy atom. The topological polar surface area (TPSA) is 30.7 Å². The van der Waals surface area contributed by atoms with Gasteiger partial charge >= 0.3 is 0 Å². The van der Waals surface area contributed by atoms with Crippen molar-refractivity contribution >= 4 is 0 Å². The van der Waals surface area contributed by atoms with Gasteiger partial charge in [-0.15, -0.1) is 0 Å². The lowest BCUT2D eigenvalue weighted by molar-refractivity contribution is 0.575. The number of hydrogen-bond acceptors (Lipinski definition) is 2. The first-order valence-electron chi connectivity index (χ1n) is 5.30. The molecule has 0 bridgehead atoms. The van der Waals surface area contributed by atoms with Crippen molar-refractivity contribution in [1.29, 1.82) is 0 Å². The van der Waals surface area contributed by atoms with Gasteiger partial charge in [0.15, 0.2) is 0 Å². The van der Waals surface area contributed by atoms with Crippen molar-refractivity contribution in [2.75, 3.05) is 0 Å². The molecule has 2 heterocycles. The van der Waals surface area contributed by atoms with Crippen LogP contribution in [-0.2, 0) is 12.9 Å². The first-order chi connectivity index (χ1) is 6.41. The standard InChI is InChI=1S/C7H11N3/c1-2-4-7-8-6-9-10(7)5-3-1/h6H,1-5H2/i1D2,5D2. The monoisotopic (exact) mass is 141 g/mol. The number of fused-ring (bicyclic) bond motifs is 1. The molecule has 0 saturated carbocycles. The van der Waals surface area contributed by atoms with Crippen molar-refractivity contribution in [3.8, 4) is 0 Å². The van der Waals surface area contributed by atoms with Gasteiger partial charge in [0.2, 0.25) is 0 Å². The molecule has 0 fully saturated rings. The summed E-state index contributed by atoms with van der Waals surface area (Å²) in [6, 6.07) is 0. The van der Waals surface area contributed by atoms with E-state index in [4.69, 9.17) is 5.48 Å². The van der Waals surface area contributed by atoms with E-state index in [1.807, 2.05) is 0 Å². The predicted molar refractivity (Wildman–Crippen MR) is 37.6 cm³/mol. The second-order valence-electron chi connectivity index (χ2n) is 2.17. The second kappa shape index (κ2) is 2.40. The SMILES string of the molecule is [2H]C1([2H])CCc2ncnn2C([2H])([2H])C1. The highest BCUT2D eigenvalue weighted by molar-refractivity contribution is 4.86. The van der Waals surface area contributed by atoms with Crippen LogP contribution < -0.4 is 0 Å². The summed E-state index contributed by atoms with van der Waals surface area (Å²) < 4.78 is 31.8. The highest BCUT2D eigenvalue weighted by Crippen LogP contribution is 2.09. The van der Waals surface area contributed by atoms with Crippen LogP contribution in [0.4, 0.5) is 0 Å². The normalized spacial score (nSPS) is 34.0. The number of aryl methyl sites for hydroxylation is 2.